The van der Waals surface area contributed by atoms with Crippen molar-refractivity contribution in [2.75, 3.05) is 56.2 Å². The van der Waals surface area contributed by atoms with Crippen LogP contribution in [0.3, 0.4) is 0 Å². The van der Waals surface area contributed by atoms with Crippen LogP contribution in [0.2, 0.25) is 20.1 Å². The first-order chi connectivity index (χ1) is 44.7. The topological polar surface area (TPSA) is 332 Å². The van der Waals surface area contributed by atoms with Crippen molar-refractivity contribution in [3.8, 4) is 12.1 Å². The second-order valence-corrected chi connectivity index (χ2v) is 29.3. The zero-order valence-electron chi connectivity index (χ0n) is 51.0. The highest BCUT2D eigenvalue weighted by Gasteiger charge is 2.56. The van der Waals surface area contributed by atoms with Crippen LogP contribution < -0.4 is 15.1 Å². The van der Waals surface area contributed by atoms with Crippen molar-refractivity contribution >= 4 is 125 Å². The van der Waals surface area contributed by atoms with E-state index >= 15 is 0 Å². The van der Waals surface area contributed by atoms with Gasteiger partial charge in [0.2, 0.25) is 17.8 Å². The number of nitrogens with zero attached hydrogens (tertiary/aromatic N) is 11. The molecule has 0 unspecified atom stereocenters. The number of nitrogens with one attached hydrogen (secondary N) is 1. The molecule has 6 aromatic rings. The summed E-state index contributed by atoms with van der Waals surface area (Å²) in [6, 6.07) is 24.3. The van der Waals surface area contributed by atoms with Gasteiger partial charge in [0.25, 0.3) is 31.9 Å². The number of anilines is 4. The number of hydrogen-bond donors (Lipinski definition) is 3. The predicted octanol–water partition coefficient (Wildman–Crippen LogP) is 8.27. The first-order valence-corrected chi connectivity index (χ1v) is 34.4. The normalized spacial score (nSPS) is 21.7. The van der Waals surface area contributed by atoms with Gasteiger partial charge in [-0.1, -0.05) is 70.7 Å². The van der Waals surface area contributed by atoms with Crippen LogP contribution in [0.4, 0.5) is 23.3 Å². The number of esters is 1. The lowest BCUT2D eigenvalue weighted by molar-refractivity contribution is -0.146. The summed E-state index contributed by atoms with van der Waals surface area (Å²) in [6.45, 7) is 5.71. The fourth-order valence-electron chi connectivity index (χ4n) is 13.0. The second kappa shape index (κ2) is 27.8. The number of carbonyl (C=O) groups excluding carboxylic acids is 4. The largest absolute Gasteiger partial charge is 0.481 e. The van der Waals surface area contributed by atoms with E-state index < -0.39 is 72.9 Å². The van der Waals surface area contributed by atoms with Gasteiger partial charge >= 0.3 is 17.9 Å². The molecular weight excluding hydrogens is 1340 g/mol. The number of ether oxygens (including phenoxy) is 1. The third kappa shape index (κ3) is 13.4. The Hall–Kier alpha value is -7.96. The molecule has 0 spiro atoms. The first-order valence-electron chi connectivity index (χ1n) is 30.0. The van der Waals surface area contributed by atoms with Crippen LogP contribution in [-0.2, 0) is 77.5 Å². The number of benzene rings is 4. The quantitative estimate of drug-likeness (QED) is 0.0863. The number of aromatic nitrogens is 4. The Balaban J connectivity index is 0.000000181. The standard InChI is InChI=1S/C31H30Cl2N6O6S.C25H21Cl2N5O5S.C7H13NO2/c1-31(16-19-4-6-20(17-34)7-5-19)29(43)38(24-14-22(32)13-23(33)15-24)30-35-18-26(39(30)31)46(44,45)37-10-2-3-25(37)27(40)36-11-8-21(9-12-36)28(41)42;1-25(12-15-4-6-16(13-28)7-5-15)23(35)31(19-10-17(26)9-18(27)11-19)24-29-14-21(32(24)25)38(36,37)30-8-2-3-20(30)22(33)34;1-10-7(9)6-2-4-8-5-3-6/h4-7,13-15,18,21,25H,2-3,8-12,16H2,1H3,(H,41,42);4-7,9-11,14,20H,2-3,8,12H2,1H3,(H,33,34);6,8H,2-5H2,1H3/t25-,31+;20-,25+;/m00./s1. The number of aliphatic carboxylic acids is 2. The van der Waals surface area contributed by atoms with Gasteiger partial charge in [-0.25, -0.2) is 36.6 Å². The summed E-state index contributed by atoms with van der Waals surface area (Å²) in [5, 5.41) is 41.1. The third-order valence-corrected chi connectivity index (χ3v) is 22.4. The summed E-state index contributed by atoms with van der Waals surface area (Å²) in [4.78, 5) is 89.1. The average molecular weight is 1400 g/mol. The van der Waals surface area contributed by atoms with E-state index in [1.165, 1.54) is 72.9 Å². The number of amides is 3. The number of carbonyl (C=O) groups is 6. The number of carboxylic acids is 2. The molecule has 4 atom stereocenters. The molecule has 4 fully saturated rings. The first kappa shape index (κ1) is 68.9. The van der Waals surface area contributed by atoms with Gasteiger partial charge in [0.05, 0.1) is 66.0 Å². The molecule has 0 bridgehead atoms. The Morgan fingerprint density at radius 1 is 0.596 bits per heavy atom. The minimum atomic E-state index is -4.38. The monoisotopic (exact) mass is 1400 g/mol. The molecule has 4 aromatic carbocycles. The molecule has 494 valence electrons. The van der Waals surface area contributed by atoms with Crippen LogP contribution in [0.25, 0.3) is 0 Å². The number of halogens is 4. The molecule has 94 heavy (non-hydrogen) atoms. The van der Waals surface area contributed by atoms with Crippen molar-refractivity contribution in [1.82, 2.24) is 37.9 Å². The zero-order chi connectivity index (χ0) is 67.8. The Morgan fingerprint density at radius 2 is 1.00 bits per heavy atom. The van der Waals surface area contributed by atoms with Crippen molar-refractivity contribution < 1.29 is 60.6 Å². The van der Waals surface area contributed by atoms with Crippen LogP contribution in [0.1, 0.15) is 87.5 Å². The number of likely N-dealkylation sites (tertiary alicyclic amines) is 1. The SMILES string of the molecule is COC(=O)C1CCNCC1.C[C@@]1(Cc2ccc(C#N)cc2)C(=O)N(c2cc(Cl)cc(Cl)c2)c2ncc(S(=O)(=O)N3CCC[C@H]3C(=O)N3CCC(C(=O)O)CC3)n21.C[C@@]1(Cc2ccc(C#N)cc2)C(=O)N(c2cc(Cl)cc(Cl)c2)c2ncc(S(=O)(=O)N3CCC[C@H]3C(=O)O)n21. The smallest absolute Gasteiger partial charge is 0.322 e. The number of imidazole rings is 2. The average Bonchev–Trinajstić information content (AvgIpc) is 1.55. The van der Waals surface area contributed by atoms with Crippen molar-refractivity contribution in [3.63, 3.8) is 0 Å². The van der Waals surface area contributed by atoms with Crippen LogP contribution in [0, 0.1) is 34.5 Å². The fourth-order valence-corrected chi connectivity index (χ4v) is 17.7. The highest BCUT2D eigenvalue weighted by molar-refractivity contribution is 7.89. The van der Waals surface area contributed by atoms with Crippen LogP contribution in [-0.4, -0.2) is 154 Å². The molecule has 0 radical (unpaired) electrons. The van der Waals surface area contributed by atoms with E-state index in [2.05, 4.69) is 26.1 Å². The van der Waals surface area contributed by atoms with Gasteiger partial charge in [-0.15, -0.1) is 0 Å². The number of piperidine rings is 2. The van der Waals surface area contributed by atoms with E-state index in [0.717, 1.165) is 36.4 Å². The van der Waals surface area contributed by atoms with Crippen molar-refractivity contribution in [2.24, 2.45) is 11.8 Å². The molecule has 12 rings (SSSR count). The number of fused-ring (bicyclic) bond motifs is 2. The van der Waals surface area contributed by atoms with Crippen molar-refractivity contribution in [1.29, 1.82) is 10.5 Å². The van der Waals surface area contributed by atoms with E-state index in [9.17, 15) is 61.1 Å². The molecule has 8 heterocycles. The fraction of sp³-hybridized carbons (Fsp3) is 0.397. The van der Waals surface area contributed by atoms with E-state index in [4.69, 9.17) is 51.7 Å². The number of carboxylic acid groups (broad SMARTS) is 2. The Kier molecular flexibility index (Phi) is 20.4. The van der Waals surface area contributed by atoms with E-state index in [0.29, 0.717) is 65.7 Å². The molecule has 6 aliphatic heterocycles. The number of methoxy groups -OCH3 is 1. The summed E-state index contributed by atoms with van der Waals surface area (Å²) in [7, 11) is -7.29. The number of rotatable bonds is 14. The van der Waals surface area contributed by atoms with Crippen molar-refractivity contribution in [2.45, 2.75) is 111 Å². The summed E-state index contributed by atoms with van der Waals surface area (Å²) in [5.74, 6) is -3.81. The second-order valence-electron chi connectivity index (χ2n) is 23.9. The van der Waals surface area contributed by atoms with Gasteiger partial charge in [0.1, 0.15) is 23.2 Å². The van der Waals surface area contributed by atoms with Gasteiger partial charge in [0.15, 0.2) is 10.1 Å². The minimum Gasteiger partial charge on any atom is -0.481 e. The molecule has 6 aliphatic rings. The highest BCUT2D eigenvalue weighted by atomic mass is 35.5. The lowest BCUT2D eigenvalue weighted by Gasteiger charge is -2.34. The molecule has 25 nitrogen and oxygen atoms in total. The maximum atomic E-state index is 14.5. The minimum absolute atomic E-state index is 0.0354. The van der Waals surface area contributed by atoms with Crippen LogP contribution >= 0.6 is 46.4 Å². The van der Waals surface area contributed by atoms with Gasteiger partial charge in [-0.05, 0) is 150 Å². The Bertz CT molecular complexity index is 4260. The summed E-state index contributed by atoms with van der Waals surface area (Å²) in [6.07, 6.45) is 6.27. The summed E-state index contributed by atoms with van der Waals surface area (Å²) in [5.41, 5.74) is -0.124. The molecule has 31 heteroatoms. The number of hydrogen-bond acceptors (Lipinski definition) is 16. The van der Waals surface area contributed by atoms with Crippen LogP contribution in [0.5, 0.6) is 0 Å². The molecule has 0 saturated carbocycles. The Morgan fingerprint density at radius 3 is 1.38 bits per heavy atom. The van der Waals surface area contributed by atoms with Gasteiger partial charge in [-0.3, -0.25) is 37.9 Å². The molecule has 3 N–H and O–H groups in total. The zero-order valence-corrected chi connectivity index (χ0v) is 55.7. The van der Waals surface area contributed by atoms with Crippen molar-refractivity contribution in [3.05, 3.63) is 140 Å². The molecular formula is C63H64Cl4N12O13S2. The molecule has 2 aromatic heterocycles. The Labute approximate surface area is 562 Å². The molecule has 4 saturated heterocycles. The maximum absolute atomic E-state index is 14.5. The maximum Gasteiger partial charge on any atom is 0.322 e. The van der Waals surface area contributed by atoms with Gasteiger partial charge < -0.3 is 25.2 Å². The summed E-state index contributed by atoms with van der Waals surface area (Å²) >= 11 is 25.0. The van der Waals surface area contributed by atoms with Gasteiger partial charge in [-0.2, -0.15) is 19.1 Å². The van der Waals surface area contributed by atoms with E-state index in [1.807, 2.05) is 6.07 Å². The molecule has 0 aliphatic carbocycles. The highest BCUT2D eigenvalue weighted by Crippen LogP contribution is 2.48. The van der Waals surface area contributed by atoms with E-state index in [1.54, 1.807) is 67.3 Å². The number of nitriles is 2. The van der Waals surface area contributed by atoms with E-state index in [-0.39, 0.29) is 105 Å². The third-order valence-electron chi connectivity index (χ3n) is 17.8. The lowest BCUT2D eigenvalue weighted by Crippen LogP contribution is -2.51. The lowest BCUT2D eigenvalue weighted by atomic mass is 9.91. The summed E-state index contributed by atoms with van der Waals surface area (Å²) < 4.78 is 66.1. The van der Waals surface area contributed by atoms with Gasteiger partial charge in [0, 0.05) is 59.1 Å². The molecule has 3 amide bonds. The predicted molar refractivity (Wildman–Crippen MR) is 345 cm³/mol. The van der Waals surface area contributed by atoms with Crippen LogP contribution in [0.15, 0.2) is 107 Å². The number of sulfonamides is 2.